The van der Waals surface area contributed by atoms with Gasteiger partial charge in [0.25, 0.3) is 0 Å². The molecule has 0 saturated carbocycles. The van der Waals surface area contributed by atoms with Crippen molar-refractivity contribution >= 4 is 18.1 Å². The van der Waals surface area contributed by atoms with Crippen molar-refractivity contribution in [2.24, 2.45) is 29.6 Å². The Morgan fingerprint density at radius 2 is 1.13 bits per heavy atom. The van der Waals surface area contributed by atoms with Crippen molar-refractivity contribution in [2.45, 2.75) is 165 Å². The first-order valence-electron chi connectivity index (χ1n) is 25.2. The Labute approximate surface area is 427 Å². The molecule has 0 spiro atoms. The van der Waals surface area contributed by atoms with Crippen molar-refractivity contribution in [3.63, 3.8) is 0 Å². The summed E-state index contributed by atoms with van der Waals surface area (Å²) in [6.07, 6.45) is 8.33. The quantitative estimate of drug-likeness (QED) is 0.0284. The van der Waals surface area contributed by atoms with Gasteiger partial charge in [0, 0.05) is 11.8 Å². The van der Waals surface area contributed by atoms with E-state index >= 15 is 0 Å². The van der Waals surface area contributed by atoms with Gasteiger partial charge in [-0.15, -0.1) is 0 Å². The maximum atomic E-state index is 12.9. The topological polar surface area (TPSA) is 134 Å². The largest absolute Gasteiger partial charge is 0.509 e. The molecule has 0 aromatic heterocycles. The van der Waals surface area contributed by atoms with Crippen molar-refractivity contribution in [2.75, 3.05) is 27.4 Å². The van der Waals surface area contributed by atoms with E-state index in [1.807, 2.05) is 113 Å². The molecule has 6 atom stereocenters. The van der Waals surface area contributed by atoms with E-state index in [0.717, 1.165) is 53.9 Å². The van der Waals surface area contributed by atoms with Crippen molar-refractivity contribution in [1.82, 2.24) is 0 Å². The molecule has 0 radical (unpaired) electrons. The van der Waals surface area contributed by atoms with E-state index in [9.17, 15) is 14.4 Å². The highest BCUT2D eigenvalue weighted by molar-refractivity contribution is 5.80. The van der Waals surface area contributed by atoms with Crippen molar-refractivity contribution in [3.8, 4) is 11.5 Å². The van der Waals surface area contributed by atoms with Crippen LogP contribution in [0.1, 0.15) is 132 Å². The molecule has 0 bridgehead atoms. The fourth-order valence-electron chi connectivity index (χ4n) is 7.20. The normalized spacial score (nSPS) is 14.3. The highest BCUT2D eigenvalue weighted by atomic mass is 16.7. The summed E-state index contributed by atoms with van der Waals surface area (Å²) in [4.78, 5) is 37.6. The van der Waals surface area contributed by atoms with Crippen molar-refractivity contribution in [3.05, 3.63) is 120 Å². The zero-order valence-electron chi connectivity index (χ0n) is 45.5. The van der Waals surface area contributed by atoms with Crippen LogP contribution in [0.2, 0.25) is 0 Å². The molecule has 0 aliphatic heterocycles. The van der Waals surface area contributed by atoms with E-state index in [1.165, 1.54) is 0 Å². The van der Waals surface area contributed by atoms with Gasteiger partial charge in [0.1, 0.15) is 35.4 Å². The van der Waals surface area contributed by atoms with Crippen LogP contribution in [-0.2, 0) is 62.6 Å². The van der Waals surface area contributed by atoms with Crippen LogP contribution < -0.4 is 9.47 Å². The van der Waals surface area contributed by atoms with Crippen molar-refractivity contribution < 1.29 is 57.0 Å². The van der Waals surface area contributed by atoms with Gasteiger partial charge in [-0.05, 0) is 121 Å². The molecule has 0 aliphatic rings. The standard InChI is InChI=1S/C35H50O7.C24H38O5/c1-26(2)15-18-30(27(3)40-23-29-16-19-32(38-7)20-17-29)14-11-21-39-25-31(22-33(36)42-35(4,5)6)34(37)41-24-28-12-9-8-10-13-28;1-9-22(28-23(25)29-24(5,6)7)21(15-10-17(2)3)18(4)27-16-19-11-13-20(26-8)14-12-19/h8-14,16-17,19-20,26-27,30-31H,15,18,21-25H2,1-7H3;9,11-14,17-18,21-22H,1,10,15-16H2,2-8H3/b14-11+;/t27-,30-,31-;18-,21-,22+/m00/s1. The first-order valence-corrected chi connectivity index (χ1v) is 25.2. The van der Waals surface area contributed by atoms with E-state index in [-0.39, 0.29) is 43.7 Å². The van der Waals surface area contributed by atoms with Crippen LogP contribution >= 0.6 is 0 Å². The number of rotatable bonds is 29. The molecule has 0 N–H and O–H groups in total. The van der Waals surface area contributed by atoms with Gasteiger partial charge in [0.2, 0.25) is 0 Å². The lowest BCUT2D eigenvalue weighted by atomic mass is 9.89. The van der Waals surface area contributed by atoms with Gasteiger partial charge in [-0.1, -0.05) is 120 Å². The average molecular weight is 989 g/mol. The summed E-state index contributed by atoms with van der Waals surface area (Å²) in [5.41, 5.74) is 1.78. The molecule has 0 unspecified atom stereocenters. The van der Waals surface area contributed by atoms with Gasteiger partial charge >= 0.3 is 18.1 Å². The predicted molar refractivity (Wildman–Crippen MR) is 281 cm³/mol. The summed E-state index contributed by atoms with van der Waals surface area (Å²) in [6, 6.07) is 25.1. The molecule has 71 heavy (non-hydrogen) atoms. The molecule has 12 heteroatoms. The maximum Gasteiger partial charge on any atom is 0.509 e. The number of hydrogen-bond donors (Lipinski definition) is 0. The minimum atomic E-state index is -0.763. The van der Waals surface area contributed by atoms with Crippen LogP contribution in [-0.4, -0.2) is 75.0 Å². The third kappa shape index (κ3) is 27.9. The van der Waals surface area contributed by atoms with Gasteiger partial charge in [0.15, 0.2) is 0 Å². The number of carbonyl (C=O) groups is 3. The lowest BCUT2D eigenvalue weighted by Crippen LogP contribution is -2.36. The van der Waals surface area contributed by atoms with Gasteiger partial charge in [0.05, 0.1) is 65.2 Å². The Balaban J connectivity index is 0.000000522. The molecule has 3 rings (SSSR count). The molecule has 396 valence electrons. The molecule has 0 saturated heterocycles. The predicted octanol–water partition coefficient (Wildman–Crippen LogP) is 13.5. The number of methoxy groups -OCH3 is 2. The molecule has 0 amide bonds. The minimum Gasteiger partial charge on any atom is -0.497 e. The molecule has 0 fully saturated rings. The Hall–Kier alpha value is -5.17. The Morgan fingerprint density at radius 3 is 1.62 bits per heavy atom. The maximum absolute atomic E-state index is 12.9. The summed E-state index contributed by atoms with van der Waals surface area (Å²) >= 11 is 0. The van der Waals surface area contributed by atoms with E-state index in [2.05, 4.69) is 47.3 Å². The molecular formula is C59H88O12. The van der Waals surface area contributed by atoms with E-state index in [4.69, 9.17) is 42.6 Å². The summed E-state index contributed by atoms with van der Waals surface area (Å²) in [5, 5.41) is 0. The van der Waals surface area contributed by atoms with Gasteiger partial charge in [-0.2, -0.15) is 0 Å². The number of carbonyl (C=O) groups excluding carboxylic acids is 3. The fraction of sp³-hybridized carbons (Fsp3) is 0.576. The fourth-order valence-corrected chi connectivity index (χ4v) is 7.20. The van der Waals surface area contributed by atoms with E-state index in [1.54, 1.807) is 41.1 Å². The third-order valence-electron chi connectivity index (χ3n) is 11.3. The second kappa shape index (κ2) is 32.7. The van der Waals surface area contributed by atoms with Crippen LogP contribution in [0.3, 0.4) is 0 Å². The Morgan fingerprint density at radius 1 is 0.620 bits per heavy atom. The summed E-state index contributed by atoms with van der Waals surface area (Å²) in [5.74, 6) is 1.25. The number of hydrogen-bond acceptors (Lipinski definition) is 12. The van der Waals surface area contributed by atoms with Crippen LogP contribution in [0, 0.1) is 29.6 Å². The molecule has 0 aliphatic carbocycles. The first-order chi connectivity index (χ1) is 33.5. The van der Waals surface area contributed by atoms with Crippen molar-refractivity contribution in [1.29, 1.82) is 0 Å². The van der Waals surface area contributed by atoms with E-state index < -0.39 is 41.3 Å². The number of benzene rings is 3. The zero-order valence-corrected chi connectivity index (χ0v) is 45.5. The summed E-state index contributed by atoms with van der Waals surface area (Å²) < 4.78 is 50.5. The monoisotopic (exact) mass is 989 g/mol. The molecule has 3 aromatic rings. The van der Waals surface area contributed by atoms with Crippen LogP contribution in [0.5, 0.6) is 11.5 Å². The van der Waals surface area contributed by atoms with E-state index in [0.29, 0.717) is 31.7 Å². The molecular weight excluding hydrogens is 901 g/mol. The minimum absolute atomic E-state index is 0.00924. The SMILES string of the molecule is C=C[C@@H](OC(=O)OC(C)(C)C)[C@@H](CCC(C)C)[C@H](C)OCc1ccc(OC)cc1.COc1ccc(CO[C@@H](C)[C@@H](/C=C/COC[C@H](CC(=O)OC(C)(C)C)C(=O)OCc2ccccc2)CCC(C)C)cc1. The number of esters is 2. The summed E-state index contributed by atoms with van der Waals surface area (Å²) in [6.45, 7) is 29.1. The average Bonchev–Trinajstić information content (AvgIpc) is 3.31. The first kappa shape index (κ1) is 61.9. The molecule has 3 aromatic carbocycles. The summed E-state index contributed by atoms with van der Waals surface area (Å²) in [7, 11) is 3.30. The van der Waals surface area contributed by atoms with Crippen LogP contribution in [0.4, 0.5) is 4.79 Å². The zero-order chi connectivity index (χ0) is 53.0. The molecule has 0 heterocycles. The number of ether oxygens (including phenoxy) is 9. The van der Waals surface area contributed by atoms with Gasteiger partial charge in [-0.3, -0.25) is 9.59 Å². The van der Waals surface area contributed by atoms with Gasteiger partial charge in [-0.25, -0.2) is 4.79 Å². The Kier molecular flexibility index (Phi) is 28.6. The van der Waals surface area contributed by atoms with Crippen LogP contribution in [0.15, 0.2) is 104 Å². The third-order valence-corrected chi connectivity index (χ3v) is 11.3. The van der Waals surface area contributed by atoms with Crippen LogP contribution in [0.25, 0.3) is 0 Å². The Bertz CT molecular complexity index is 1960. The highest BCUT2D eigenvalue weighted by Gasteiger charge is 2.31. The lowest BCUT2D eigenvalue weighted by molar-refractivity contribution is -0.163. The second-order valence-corrected chi connectivity index (χ2v) is 20.8. The lowest BCUT2D eigenvalue weighted by Gasteiger charge is -2.31. The highest BCUT2D eigenvalue weighted by Crippen LogP contribution is 2.27. The molecule has 12 nitrogen and oxygen atoms in total. The smallest absolute Gasteiger partial charge is 0.497 e. The van der Waals surface area contributed by atoms with Gasteiger partial charge < -0.3 is 42.6 Å². The second-order valence-electron chi connectivity index (χ2n) is 20.8.